The molecule has 156 valence electrons. The van der Waals surface area contributed by atoms with Gasteiger partial charge in [-0.1, -0.05) is 30.3 Å². The van der Waals surface area contributed by atoms with E-state index in [1.165, 1.54) is 23.2 Å². The number of guanidine groups is 1. The molecule has 1 saturated heterocycles. The number of esters is 1. The van der Waals surface area contributed by atoms with E-state index in [1.807, 2.05) is 31.2 Å². The zero-order valence-corrected chi connectivity index (χ0v) is 17.4. The summed E-state index contributed by atoms with van der Waals surface area (Å²) >= 11 is 0. The van der Waals surface area contributed by atoms with Crippen LogP contribution in [0.3, 0.4) is 0 Å². The Hall–Kier alpha value is -2.86. The number of rotatable bonds is 3. The molecule has 1 aliphatic carbocycles. The average Bonchev–Trinajstić information content (AvgIpc) is 2.79. The number of hydrogen-bond acceptors (Lipinski definition) is 6. The van der Waals surface area contributed by atoms with Crippen LogP contribution in [0.2, 0.25) is 0 Å². The van der Waals surface area contributed by atoms with Crippen LogP contribution in [0.25, 0.3) is 0 Å². The van der Waals surface area contributed by atoms with Gasteiger partial charge in [0.05, 0.1) is 24.3 Å². The fraction of sp³-hybridized carbons (Fsp3) is 0.417. The first-order chi connectivity index (χ1) is 14.8. The van der Waals surface area contributed by atoms with Crippen molar-refractivity contribution < 1.29 is 9.53 Å². The van der Waals surface area contributed by atoms with Crippen LogP contribution in [0.1, 0.15) is 58.9 Å². The minimum Gasteiger partial charge on any atom is -0.462 e. The summed E-state index contributed by atoms with van der Waals surface area (Å²) in [5.74, 6) is 0.649. The Bertz CT molecular complexity index is 987. The van der Waals surface area contributed by atoms with Crippen molar-refractivity contribution in [3.63, 3.8) is 0 Å². The molecular weight excluding hydrogens is 376 g/mol. The smallest absolute Gasteiger partial charge is 0.338 e. The predicted molar refractivity (Wildman–Crippen MR) is 118 cm³/mol. The summed E-state index contributed by atoms with van der Waals surface area (Å²) in [5, 5.41) is 7.10. The fourth-order valence-electron chi connectivity index (χ4n) is 4.96. The van der Waals surface area contributed by atoms with Crippen LogP contribution in [0.15, 0.2) is 47.5 Å². The zero-order chi connectivity index (χ0) is 20.5. The van der Waals surface area contributed by atoms with E-state index in [0.29, 0.717) is 12.2 Å². The summed E-state index contributed by atoms with van der Waals surface area (Å²) in [7, 11) is 0. The van der Waals surface area contributed by atoms with Gasteiger partial charge in [0.2, 0.25) is 0 Å². The van der Waals surface area contributed by atoms with E-state index in [4.69, 9.17) is 9.73 Å². The first-order valence-corrected chi connectivity index (χ1v) is 11.0. The maximum absolute atomic E-state index is 12.6. The molecule has 2 atom stereocenters. The van der Waals surface area contributed by atoms with Crippen LogP contribution in [-0.4, -0.2) is 43.1 Å². The number of anilines is 1. The lowest BCUT2D eigenvalue weighted by Crippen LogP contribution is -2.52. The van der Waals surface area contributed by atoms with Crippen molar-refractivity contribution in [3.8, 4) is 0 Å². The minimum atomic E-state index is -0.264. The Morgan fingerprint density at radius 2 is 2.13 bits per heavy atom. The third kappa shape index (κ3) is 3.35. The van der Waals surface area contributed by atoms with Crippen LogP contribution in [-0.2, 0) is 11.2 Å². The van der Waals surface area contributed by atoms with Crippen molar-refractivity contribution >= 4 is 17.6 Å². The average molecular weight is 405 g/mol. The third-order valence-corrected chi connectivity index (χ3v) is 6.31. The molecule has 6 heteroatoms. The van der Waals surface area contributed by atoms with E-state index in [-0.39, 0.29) is 18.1 Å². The van der Waals surface area contributed by atoms with E-state index in [2.05, 4.69) is 33.7 Å². The molecule has 0 amide bonds. The van der Waals surface area contributed by atoms with Gasteiger partial charge in [0.15, 0.2) is 5.96 Å². The molecule has 0 radical (unpaired) electrons. The number of nitrogens with one attached hydrogen (secondary N) is 2. The Morgan fingerprint density at radius 1 is 1.23 bits per heavy atom. The molecule has 2 aliphatic heterocycles. The second kappa shape index (κ2) is 8.11. The number of ether oxygens (including phenoxy) is 1. The summed E-state index contributed by atoms with van der Waals surface area (Å²) in [6, 6.07) is 14.5. The van der Waals surface area contributed by atoms with Gasteiger partial charge in [-0.15, -0.1) is 0 Å². The largest absolute Gasteiger partial charge is 0.462 e. The lowest BCUT2D eigenvalue weighted by Gasteiger charge is -2.42. The Balaban J connectivity index is 1.51. The topological polar surface area (TPSA) is 66.0 Å². The van der Waals surface area contributed by atoms with Gasteiger partial charge in [-0.2, -0.15) is 0 Å². The Morgan fingerprint density at radius 3 is 3.03 bits per heavy atom. The Labute approximate surface area is 177 Å². The third-order valence-electron chi connectivity index (χ3n) is 6.31. The number of aryl methyl sites for hydroxylation is 1. The lowest BCUT2D eigenvalue weighted by molar-refractivity contribution is 0.0522. The molecule has 2 heterocycles. The van der Waals surface area contributed by atoms with Gasteiger partial charge in [0, 0.05) is 30.9 Å². The van der Waals surface area contributed by atoms with Crippen molar-refractivity contribution in [2.45, 2.75) is 38.3 Å². The molecule has 2 N–H and O–H groups in total. The maximum Gasteiger partial charge on any atom is 0.338 e. The van der Waals surface area contributed by atoms with Gasteiger partial charge in [-0.05, 0) is 49.4 Å². The molecule has 3 aliphatic rings. The van der Waals surface area contributed by atoms with Crippen LogP contribution in [0.4, 0.5) is 5.69 Å². The number of carbonyl (C=O) groups excluding carboxylic acids is 1. The van der Waals surface area contributed by atoms with Crippen LogP contribution in [0.5, 0.6) is 0 Å². The molecule has 6 nitrogen and oxygen atoms in total. The standard InChI is InChI=1S/C24H28N4O2/c1-2-30-23(29)18-10-4-3-9-17(18)21-15-25-13-14-28(21)24-26-19-11-5-7-16-8-6-12-20(27-24)22(16)19/h3-5,7,9-11,20-21,25H,2,6,8,12-15H2,1H3,(H,26,27). The highest BCUT2D eigenvalue weighted by atomic mass is 16.5. The SMILES string of the molecule is CCOC(=O)c1ccccc1C1CNCCN1C1=NC2CCCc3cccc(c32)N1. The van der Waals surface area contributed by atoms with Gasteiger partial charge >= 0.3 is 5.97 Å². The van der Waals surface area contributed by atoms with Crippen LogP contribution in [0, 0.1) is 0 Å². The molecule has 0 bridgehead atoms. The molecule has 0 aromatic heterocycles. The highest BCUT2D eigenvalue weighted by molar-refractivity contribution is 5.97. The number of benzene rings is 2. The molecule has 2 unspecified atom stereocenters. The first kappa shape index (κ1) is 19.1. The molecule has 1 fully saturated rings. The van der Waals surface area contributed by atoms with Gasteiger partial charge < -0.3 is 20.3 Å². The Kier molecular flexibility index (Phi) is 5.17. The number of nitrogens with zero attached hydrogens (tertiary/aromatic N) is 2. The highest BCUT2D eigenvalue weighted by Crippen LogP contribution is 2.41. The summed E-state index contributed by atoms with van der Waals surface area (Å²) in [5.41, 5.74) is 5.58. The van der Waals surface area contributed by atoms with E-state index in [1.54, 1.807) is 0 Å². The molecule has 2 aromatic rings. The fourth-order valence-corrected chi connectivity index (χ4v) is 4.96. The van der Waals surface area contributed by atoms with Gasteiger partial charge in [-0.25, -0.2) is 9.79 Å². The zero-order valence-electron chi connectivity index (χ0n) is 17.4. The minimum absolute atomic E-state index is 0.0129. The number of carbonyl (C=O) groups is 1. The molecule has 5 rings (SSSR count). The van der Waals surface area contributed by atoms with E-state index in [0.717, 1.165) is 44.0 Å². The monoisotopic (exact) mass is 404 g/mol. The summed E-state index contributed by atoms with van der Waals surface area (Å²) in [6.07, 6.45) is 3.40. The van der Waals surface area contributed by atoms with Gasteiger partial charge in [0.1, 0.15) is 0 Å². The van der Waals surface area contributed by atoms with Crippen LogP contribution < -0.4 is 10.6 Å². The predicted octanol–water partition coefficient (Wildman–Crippen LogP) is 3.67. The number of hydrogen-bond donors (Lipinski definition) is 2. The second-order valence-corrected chi connectivity index (χ2v) is 8.09. The summed E-state index contributed by atoms with van der Waals surface area (Å²) in [6.45, 7) is 4.68. The molecule has 0 saturated carbocycles. The van der Waals surface area contributed by atoms with E-state index < -0.39 is 0 Å². The van der Waals surface area contributed by atoms with Gasteiger partial charge in [0.25, 0.3) is 0 Å². The molecule has 30 heavy (non-hydrogen) atoms. The number of piperazine rings is 1. The van der Waals surface area contributed by atoms with Crippen molar-refractivity contribution in [1.82, 2.24) is 10.2 Å². The molecule has 0 spiro atoms. The quantitative estimate of drug-likeness (QED) is 0.764. The van der Waals surface area contributed by atoms with Crippen molar-refractivity contribution in [2.24, 2.45) is 4.99 Å². The summed E-state index contributed by atoms with van der Waals surface area (Å²) in [4.78, 5) is 20.1. The van der Waals surface area contributed by atoms with E-state index >= 15 is 0 Å². The van der Waals surface area contributed by atoms with Gasteiger partial charge in [-0.3, -0.25) is 0 Å². The second-order valence-electron chi connectivity index (χ2n) is 8.09. The normalized spacial score (nSPS) is 22.6. The molecular formula is C24H28N4O2. The summed E-state index contributed by atoms with van der Waals surface area (Å²) < 4.78 is 5.32. The van der Waals surface area contributed by atoms with Crippen molar-refractivity contribution in [3.05, 3.63) is 64.7 Å². The van der Waals surface area contributed by atoms with E-state index in [9.17, 15) is 4.79 Å². The molecule has 2 aromatic carbocycles. The maximum atomic E-state index is 12.6. The number of aliphatic imine (C=N–C) groups is 1. The van der Waals surface area contributed by atoms with Crippen LogP contribution >= 0.6 is 0 Å². The highest BCUT2D eigenvalue weighted by Gasteiger charge is 2.34. The van der Waals surface area contributed by atoms with Crippen molar-refractivity contribution in [1.29, 1.82) is 0 Å². The lowest BCUT2D eigenvalue weighted by atomic mass is 9.86. The van der Waals surface area contributed by atoms with Crippen molar-refractivity contribution in [2.75, 3.05) is 31.6 Å². The first-order valence-electron chi connectivity index (χ1n) is 11.0.